The number of anilines is 1. The number of aryl methyl sites for hydroxylation is 1. The number of hydrogen-bond donors (Lipinski definition) is 2. The number of aromatic nitrogens is 3. The van der Waals surface area contributed by atoms with Crippen LogP contribution in [-0.4, -0.2) is 31.8 Å². The van der Waals surface area contributed by atoms with Crippen molar-refractivity contribution in [3.63, 3.8) is 0 Å². The molecule has 11 heteroatoms. The second-order valence-electron chi connectivity index (χ2n) is 10.8. The average Bonchev–Trinajstić information content (AvgIpc) is 2.87. The zero-order valence-corrected chi connectivity index (χ0v) is 22.0. The number of nitrogens with zero attached hydrogens (tertiary/aromatic N) is 3. The predicted molar refractivity (Wildman–Crippen MR) is 138 cm³/mol. The highest BCUT2D eigenvalue weighted by Gasteiger charge is 2.62. The van der Waals surface area contributed by atoms with Crippen molar-refractivity contribution in [2.24, 2.45) is 12.5 Å². The third kappa shape index (κ3) is 4.13. The van der Waals surface area contributed by atoms with E-state index in [1.807, 2.05) is 19.9 Å². The van der Waals surface area contributed by atoms with Crippen molar-refractivity contribution >= 4 is 34.2 Å². The van der Waals surface area contributed by atoms with Gasteiger partial charge in [-0.15, -0.1) is 0 Å². The Morgan fingerprint density at radius 1 is 1.13 bits per heavy atom. The van der Waals surface area contributed by atoms with E-state index in [9.17, 15) is 27.9 Å². The number of halogens is 4. The first kappa shape index (κ1) is 26.5. The summed E-state index contributed by atoms with van der Waals surface area (Å²) in [5.41, 5.74) is -0.502. The smallest absolute Gasteiger partial charge is 0.394 e. The second-order valence-corrected chi connectivity index (χ2v) is 11.2. The summed E-state index contributed by atoms with van der Waals surface area (Å²) in [6.07, 6.45) is -3.16. The van der Waals surface area contributed by atoms with Crippen LogP contribution >= 0.6 is 11.6 Å². The average molecular weight is 549 g/mol. The molecule has 0 aliphatic heterocycles. The Morgan fingerprint density at radius 3 is 2.34 bits per heavy atom. The van der Waals surface area contributed by atoms with Gasteiger partial charge >= 0.3 is 12.1 Å². The Kier molecular flexibility index (Phi) is 6.24. The summed E-state index contributed by atoms with van der Waals surface area (Å²) < 4.78 is 43.0. The summed E-state index contributed by atoms with van der Waals surface area (Å²) in [6.45, 7) is 3.68. The van der Waals surface area contributed by atoms with Crippen LogP contribution in [0.25, 0.3) is 10.9 Å². The first-order valence-corrected chi connectivity index (χ1v) is 12.9. The molecule has 1 atom stereocenters. The van der Waals surface area contributed by atoms with Crippen molar-refractivity contribution in [1.82, 2.24) is 14.5 Å². The van der Waals surface area contributed by atoms with Gasteiger partial charge in [-0.3, -0.25) is 9.36 Å². The van der Waals surface area contributed by atoms with Gasteiger partial charge in [-0.05, 0) is 76.1 Å². The number of alkyl halides is 3. The molecule has 2 aromatic heterocycles. The Labute approximate surface area is 222 Å². The van der Waals surface area contributed by atoms with Gasteiger partial charge in [0, 0.05) is 18.0 Å². The lowest BCUT2D eigenvalue weighted by Gasteiger charge is -2.53. The van der Waals surface area contributed by atoms with E-state index >= 15 is 0 Å². The monoisotopic (exact) mass is 548 g/mol. The molecule has 0 spiro atoms. The van der Waals surface area contributed by atoms with Gasteiger partial charge in [-0.2, -0.15) is 13.2 Å². The molecule has 3 aromatic rings. The minimum Gasteiger partial charge on any atom is -0.476 e. The Hall–Kier alpha value is -3.14. The summed E-state index contributed by atoms with van der Waals surface area (Å²) in [4.78, 5) is 34.2. The lowest BCUT2D eigenvalue weighted by molar-refractivity contribution is -0.254. The van der Waals surface area contributed by atoms with Gasteiger partial charge in [0.2, 0.25) is 0 Å². The highest BCUT2D eigenvalue weighted by Crippen LogP contribution is 2.62. The van der Waals surface area contributed by atoms with Crippen LogP contribution in [0.15, 0.2) is 29.1 Å². The molecule has 0 unspecified atom stereocenters. The number of rotatable bonds is 5. The number of pyridine rings is 1. The van der Waals surface area contributed by atoms with Gasteiger partial charge in [0.25, 0.3) is 5.56 Å². The molecule has 3 aliphatic rings. The maximum Gasteiger partial charge on any atom is 0.394 e. The van der Waals surface area contributed by atoms with Crippen LogP contribution in [-0.2, 0) is 12.5 Å². The molecule has 0 saturated heterocycles. The van der Waals surface area contributed by atoms with Gasteiger partial charge < -0.3 is 10.4 Å². The van der Waals surface area contributed by atoms with Gasteiger partial charge in [-0.25, -0.2) is 14.8 Å². The minimum atomic E-state index is -4.24. The van der Waals surface area contributed by atoms with Gasteiger partial charge in [-0.1, -0.05) is 17.7 Å². The molecule has 0 radical (unpaired) electrons. The van der Waals surface area contributed by atoms with E-state index in [2.05, 4.69) is 10.3 Å². The van der Waals surface area contributed by atoms with Gasteiger partial charge in [0.05, 0.1) is 28.0 Å². The zero-order valence-electron chi connectivity index (χ0n) is 21.2. The van der Waals surface area contributed by atoms with Crippen LogP contribution in [0.5, 0.6) is 0 Å². The fraction of sp³-hybridized carbons (Fsp3) is 0.481. The number of carboxylic acids is 1. The van der Waals surface area contributed by atoms with E-state index in [1.54, 1.807) is 13.1 Å². The van der Waals surface area contributed by atoms with Crippen LogP contribution < -0.4 is 10.9 Å². The number of aromatic carboxylic acids is 1. The van der Waals surface area contributed by atoms with Crippen LogP contribution in [0.4, 0.5) is 18.9 Å². The van der Waals surface area contributed by atoms with E-state index in [-0.39, 0.29) is 41.4 Å². The number of carbonyl (C=O) groups is 1. The fourth-order valence-corrected chi connectivity index (χ4v) is 6.48. The fourth-order valence-electron chi connectivity index (χ4n) is 6.33. The summed E-state index contributed by atoms with van der Waals surface area (Å²) >= 11 is 5.89. The van der Waals surface area contributed by atoms with Crippen molar-refractivity contribution in [2.75, 3.05) is 5.32 Å². The van der Waals surface area contributed by atoms with Crippen molar-refractivity contribution < 1.29 is 23.1 Å². The first-order valence-electron chi connectivity index (χ1n) is 12.5. The topological polar surface area (TPSA) is 97.1 Å². The predicted octanol–water partition coefficient (Wildman–Crippen LogP) is 6.32. The van der Waals surface area contributed by atoms with Crippen molar-refractivity contribution in [3.05, 3.63) is 62.4 Å². The number of hydrogen-bond acceptors (Lipinski definition) is 5. The van der Waals surface area contributed by atoms with Crippen molar-refractivity contribution in [3.8, 4) is 0 Å². The number of carboxylic acid groups (broad SMARTS) is 1. The summed E-state index contributed by atoms with van der Waals surface area (Å²) in [5, 5.41) is 13.2. The highest BCUT2D eigenvalue weighted by molar-refractivity contribution is 6.29. The van der Waals surface area contributed by atoms with Crippen molar-refractivity contribution in [2.45, 2.75) is 70.0 Å². The minimum absolute atomic E-state index is 0.0324. The molecular formula is C27H28ClF3N4O3. The van der Waals surface area contributed by atoms with E-state index in [0.29, 0.717) is 41.6 Å². The third-order valence-corrected chi connectivity index (χ3v) is 8.79. The molecule has 202 valence electrons. The SMILES string of the molecule is Cc1cc([C@@H](C)Nc2ccc(Cl)nc2C(=O)O)c2nc(C34CCC(C(F)(F)F)(CC3)CC4)n(C)c(=O)c2c1. The van der Waals surface area contributed by atoms with E-state index in [0.717, 1.165) is 5.56 Å². The van der Waals surface area contributed by atoms with Crippen LogP contribution in [0, 0.1) is 12.3 Å². The molecule has 3 aliphatic carbocycles. The Balaban J connectivity index is 1.60. The molecule has 1 aromatic carbocycles. The van der Waals surface area contributed by atoms with Crippen LogP contribution in [0.1, 0.15) is 78.9 Å². The summed E-state index contributed by atoms with van der Waals surface area (Å²) in [7, 11) is 1.64. The number of nitrogens with one attached hydrogen (secondary N) is 1. The largest absolute Gasteiger partial charge is 0.476 e. The quantitative estimate of drug-likeness (QED) is 0.362. The third-order valence-electron chi connectivity index (χ3n) is 8.58. The molecule has 7 nitrogen and oxygen atoms in total. The maximum atomic E-state index is 13.8. The summed E-state index contributed by atoms with van der Waals surface area (Å²) in [5.74, 6) is -0.726. The molecule has 0 amide bonds. The molecule has 3 saturated carbocycles. The Morgan fingerprint density at radius 2 is 1.76 bits per heavy atom. The number of benzene rings is 1. The van der Waals surface area contributed by atoms with Crippen molar-refractivity contribution in [1.29, 1.82) is 0 Å². The van der Waals surface area contributed by atoms with Gasteiger partial charge in [0.1, 0.15) is 11.0 Å². The molecule has 38 heavy (non-hydrogen) atoms. The molecule has 3 fully saturated rings. The first-order chi connectivity index (χ1) is 17.8. The number of fused-ring (bicyclic) bond motifs is 4. The summed E-state index contributed by atoms with van der Waals surface area (Å²) in [6, 6.07) is 6.18. The lowest BCUT2D eigenvalue weighted by atomic mass is 9.53. The second kappa shape index (κ2) is 8.97. The molecular weight excluding hydrogens is 521 g/mol. The van der Waals surface area contributed by atoms with Crippen LogP contribution in [0.2, 0.25) is 5.15 Å². The zero-order chi connectivity index (χ0) is 27.6. The normalized spacial score (nSPS) is 24.0. The van der Waals surface area contributed by atoms with Crippen LogP contribution in [0.3, 0.4) is 0 Å². The Bertz CT molecular complexity index is 1490. The highest BCUT2D eigenvalue weighted by atomic mass is 35.5. The van der Waals surface area contributed by atoms with Gasteiger partial charge in [0.15, 0.2) is 5.69 Å². The maximum absolute atomic E-state index is 13.8. The molecule has 6 rings (SSSR count). The standard InChI is InChI=1S/C27H28ClF3N4O3/c1-14-12-16(15(2)32-18-4-5-19(28)33-21(18)23(37)38)20-17(13-14)22(36)35(3)24(34-20)25-6-9-26(10-7-25,11-8-25)27(29,30)31/h4-5,12-13,15,32H,6-11H2,1-3H3,(H,37,38)/t15-,25?,26?/m1/s1. The molecule has 2 heterocycles. The van der Waals surface area contributed by atoms with E-state index in [1.165, 1.54) is 16.7 Å². The molecule has 2 bridgehead atoms. The molecule has 2 N–H and O–H groups in total. The van der Waals surface area contributed by atoms with E-state index in [4.69, 9.17) is 16.6 Å². The lowest BCUT2D eigenvalue weighted by Crippen LogP contribution is -2.52. The van der Waals surface area contributed by atoms with E-state index < -0.39 is 29.0 Å².